The van der Waals surface area contributed by atoms with Gasteiger partial charge < -0.3 is 14.3 Å². The Morgan fingerprint density at radius 3 is 2.75 bits per heavy atom. The lowest BCUT2D eigenvalue weighted by molar-refractivity contribution is 0.0927. The molecule has 20 heavy (non-hydrogen) atoms. The van der Waals surface area contributed by atoms with E-state index in [0.29, 0.717) is 12.3 Å². The van der Waals surface area contributed by atoms with Crippen LogP contribution in [0, 0.1) is 0 Å². The fraction of sp³-hybridized carbons (Fsp3) is 0.188. The van der Waals surface area contributed by atoms with Gasteiger partial charge in [0.25, 0.3) is 5.91 Å². The molecule has 0 saturated carbocycles. The Hall–Kier alpha value is -2.49. The number of carbonyl (C=O) groups excluding carboxylic acids is 1. The topological polar surface area (TPSA) is 47.2 Å². The van der Waals surface area contributed by atoms with Gasteiger partial charge in [-0.25, -0.2) is 0 Å². The van der Waals surface area contributed by atoms with Gasteiger partial charge in [-0.05, 0) is 30.7 Å². The van der Waals surface area contributed by atoms with Gasteiger partial charge in [0, 0.05) is 30.9 Å². The van der Waals surface area contributed by atoms with Gasteiger partial charge in [0.1, 0.15) is 5.58 Å². The molecule has 0 saturated heterocycles. The van der Waals surface area contributed by atoms with Gasteiger partial charge in [0.15, 0.2) is 5.76 Å². The Morgan fingerprint density at radius 1 is 1.15 bits per heavy atom. The summed E-state index contributed by atoms with van der Waals surface area (Å²) >= 11 is 0. The lowest BCUT2D eigenvalue weighted by Crippen LogP contribution is -2.24. The van der Waals surface area contributed by atoms with E-state index in [1.54, 1.807) is 6.07 Å². The molecule has 4 heteroatoms. The molecule has 1 N–H and O–H groups in total. The zero-order valence-electron chi connectivity index (χ0n) is 11.1. The summed E-state index contributed by atoms with van der Waals surface area (Å²) in [6.07, 6.45) is 4.92. The van der Waals surface area contributed by atoms with Gasteiger partial charge in [-0.1, -0.05) is 18.2 Å². The van der Waals surface area contributed by atoms with Crippen molar-refractivity contribution in [1.82, 2.24) is 9.88 Å². The monoisotopic (exact) mass is 268 g/mol. The largest absolute Gasteiger partial charge is 0.451 e. The highest BCUT2D eigenvalue weighted by Gasteiger charge is 2.10. The van der Waals surface area contributed by atoms with Crippen molar-refractivity contribution in [2.75, 3.05) is 6.54 Å². The van der Waals surface area contributed by atoms with Crippen molar-refractivity contribution in [3.05, 3.63) is 60.6 Å². The molecule has 1 aromatic carbocycles. The third kappa shape index (κ3) is 2.74. The number of amides is 1. The zero-order chi connectivity index (χ0) is 13.8. The summed E-state index contributed by atoms with van der Waals surface area (Å²) in [6.45, 7) is 1.53. The smallest absolute Gasteiger partial charge is 0.287 e. The molecule has 0 fully saturated rings. The maximum Gasteiger partial charge on any atom is 0.287 e. The number of rotatable bonds is 5. The molecule has 0 radical (unpaired) electrons. The van der Waals surface area contributed by atoms with E-state index in [1.807, 2.05) is 48.8 Å². The first-order chi connectivity index (χ1) is 9.83. The molecule has 0 bridgehead atoms. The lowest BCUT2D eigenvalue weighted by Gasteiger charge is -2.04. The number of aromatic nitrogens is 1. The molecule has 1 amide bonds. The average Bonchev–Trinajstić information content (AvgIpc) is 3.12. The first-order valence-electron chi connectivity index (χ1n) is 6.70. The molecule has 3 rings (SSSR count). The summed E-state index contributed by atoms with van der Waals surface area (Å²) in [4.78, 5) is 12.0. The minimum atomic E-state index is -0.159. The Labute approximate surface area is 117 Å². The second-order valence-corrected chi connectivity index (χ2v) is 4.68. The maximum absolute atomic E-state index is 12.0. The third-order valence-corrected chi connectivity index (χ3v) is 3.19. The molecule has 2 aromatic heterocycles. The number of hydrogen-bond donors (Lipinski definition) is 1. The SMILES string of the molecule is O=C(NCCCn1cccc1)c1cc2ccccc2o1. The molecule has 0 aliphatic carbocycles. The highest BCUT2D eigenvalue weighted by molar-refractivity contribution is 5.95. The molecule has 0 aliphatic heterocycles. The number of fused-ring (bicyclic) bond motifs is 1. The minimum absolute atomic E-state index is 0.159. The van der Waals surface area contributed by atoms with Crippen LogP contribution < -0.4 is 5.32 Å². The van der Waals surface area contributed by atoms with Crippen molar-refractivity contribution in [3.8, 4) is 0 Å². The number of benzene rings is 1. The minimum Gasteiger partial charge on any atom is -0.451 e. The van der Waals surface area contributed by atoms with Gasteiger partial charge in [-0.15, -0.1) is 0 Å². The van der Waals surface area contributed by atoms with Crippen molar-refractivity contribution in [2.24, 2.45) is 0 Å². The predicted octanol–water partition coefficient (Wildman–Crippen LogP) is 3.05. The summed E-state index contributed by atoms with van der Waals surface area (Å²) < 4.78 is 7.61. The van der Waals surface area contributed by atoms with Crippen molar-refractivity contribution < 1.29 is 9.21 Å². The molecule has 0 spiro atoms. The summed E-state index contributed by atoms with van der Waals surface area (Å²) in [5, 5.41) is 3.83. The van der Waals surface area contributed by atoms with Gasteiger partial charge in [0.2, 0.25) is 0 Å². The predicted molar refractivity (Wildman–Crippen MR) is 77.6 cm³/mol. The molecule has 0 aliphatic rings. The van der Waals surface area contributed by atoms with Crippen molar-refractivity contribution in [2.45, 2.75) is 13.0 Å². The van der Waals surface area contributed by atoms with E-state index in [9.17, 15) is 4.79 Å². The van der Waals surface area contributed by atoms with Crippen LogP contribution in [0.5, 0.6) is 0 Å². The van der Waals surface area contributed by atoms with Crippen LogP contribution in [0.4, 0.5) is 0 Å². The second-order valence-electron chi connectivity index (χ2n) is 4.68. The van der Waals surface area contributed by atoms with Crippen LogP contribution in [0.3, 0.4) is 0 Å². The highest BCUT2D eigenvalue weighted by atomic mass is 16.3. The van der Waals surface area contributed by atoms with E-state index >= 15 is 0 Å². The molecule has 0 unspecified atom stereocenters. The molecular weight excluding hydrogens is 252 g/mol. The van der Waals surface area contributed by atoms with Gasteiger partial charge >= 0.3 is 0 Å². The Bertz CT molecular complexity index is 665. The molecule has 2 heterocycles. The van der Waals surface area contributed by atoms with E-state index in [-0.39, 0.29) is 5.91 Å². The van der Waals surface area contributed by atoms with Gasteiger partial charge in [0.05, 0.1) is 0 Å². The van der Waals surface area contributed by atoms with E-state index in [4.69, 9.17) is 4.42 Å². The number of para-hydroxylation sites is 1. The summed E-state index contributed by atoms with van der Waals surface area (Å²) in [5.74, 6) is 0.209. The first kappa shape index (κ1) is 12.5. The van der Waals surface area contributed by atoms with Gasteiger partial charge in [-0.2, -0.15) is 0 Å². The fourth-order valence-electron chi connectivity index (χ4n) is 2.16. The van der Waals surface area contributed by atoms with E-state index in [2.05, 4.69) is 9.88 Å². The van der Waals surface area contributed by atoms with Crippen LogP contribution in [0.1, 0.15) is 17.0 Å². The van der Waals surface area contributed by atoms with E-state index < -0.39 is 0 Å². The Kier molecular flexibility index (Phi) is 3.54. The molecule has 4 nitrogen and oxygen atoms in total. The second kappa shape index (κ2) is 5.65. The summed E-state index contributed by atoms with van der Waals surface area (Å²) in [7, 11) is 0. The number of aryl methyl sites for hydroxylation is 1. The van der Waals surface area contributed by atoms with Crippen molar-refractivity contribution in [3.63, 3.8) is 0 Å². The third-order valence-electron chi connectivity index (χ3n) is 3.19. The molecular formula is C16H16N2O2. The Balaban J connectivity index is 1.53. The fourth-order valence-corrected chi connectivity index (χ4v) is 2.16. The van der Waals surface area contributed by atoms with Gasteiger partial charge in [-0.3, -0.25) is 4.79 Å². The highest BCUT2D eigenvalue weighted by Crippen LogP contribution is 2.18. The van der Waals surface area contributed by atoms with Crippen molar-refractivity contribution in [1.29, 1.82) is 0 Å². The van der Waals surface area contributed by atoms with E-state index in [1.165, 1.54) is 0 Å². The maximum atomic E-state index is 12.0. The zero-order valence-corrected chi connectivity index (χ0v) is 11.1. The van der Waals surface area contributed by atoms with Crippen LogP contribution >= 0.6 is 0 Å². The quantitative estimate of drug-likeness (QED) is 0.723. The molecule has 102 valence electrons. The van der Waals surface area contributed by atoms with Crippen molar-refractivity contribution >= 4 is 16.9 Å². The average molecular weight is 268 g/mol. The van der Waals surface area contributed by atoms with Crippen LogP contribution in [0.2, 0.25) is 0 Å². The van der Waals surface area contributed by atoms with Crippen LogP contribution in [0.25, 0.3) is 11.0 Å². The standard InChI is InChI=1S/C16H16N2O2/c19-16(17-8-5-11-18-9-3-4-10-18)15-12-13-6-1-2-7-14(13)20-15/h1-4,6-7,9-10,12H,5,8,11H2,(H,17,19). The summed E-state index contributed by atoms with van der Waals surface area (Å²) in [6, 6.07) is 13.4. The number of nitrogens with zero attached hydrogens (tertiary/aromatic N) is 1. The number of furan rings is 1. The first-order valence-corrected chi connectivity index (χ1v) is 6.70. The Morgan fingerprint density at radius 2 is 1.95 bits per heavy atom. The number of hydrogen-bond acceptors (Lipinski definition) is 2. The van der Waals surface area contributed by atoms with Crippen LogP contribution in [-0.4, -0.2) is 17.0 Å². The lowest BCUT2D eigenvalue weighted by atomic mass is 10.2. The normalized spacial score (nSPS) is 10.8. The molecule has 3 aromatic rings. The van der Waals surface area contributed by atoms with E-state index in [0.717, 1.165) is 23.9 Å². The number of carbonyl (C=O) groups is 1. The number of nitrogens with one attached hydrogen (secondary N) is 1. The van der Waals surface area contributed by atoms with Crippen LogP contribution in [0.15, 0.2) is 59.3 Å². The van der Waals surface area contributed by atoms with Crippen LogP contribution in [-0.2, 0) is 6.54 Å². The summed E-state index contributed by atoms with van der Waals surface area (Å²) in [5.41, 5.74) is 0.741. The molecule has 0 atom stereocenters.